The summed E-state index contributed by atoms with van der Waals surface area (Å²) in [5, 5.41) is 10.2. The largest absolute Gasteiger partial charge is 3.00 e. The number of carboxylic acids is 1. The second-order valence-corrected chi connectivity index (χ2v) is 7.30. The maximum Gasteiger partial charge on any atom is 3.00 e. The Labute approximate surface area is 199 Å². The minimum absolute atomic E-state index is 0. The summed E-state index contributed by atoms with van der Waals surface area (Å²) in [4.78, 5) is 10.2. The van der Waals surface area contributed by atoms with Crippen molar-refractivity contribution in [2.24, 2.45) is 0 Å². The van der Waals surface area contributed by atoms with Gasteiger partial charge in [0.25, 0.3) is 0 Å². The Kier molecular flexibility index (Phi) is 35.2. The molecule has 0 aliphatic carbocycles. The Balaban J connectivity index is -0.000000333. The average molecular weight is 430 g/mol. The predicted molar refractivity (Wildman–Crippen MR) is 101 cm³/mol. The molecule has 0 N–H and O–H groups in total. The van der Waals surface area contributed by atoms with Crippen LogP contribution in [0.4, 0.5) is 0 Å². The van der Waals surface area contributed by atoms with Crippen LogP contribution in [0.2, 0.25) is 0 Å². The summed E-state index contributed by atoms with van der Waals surface area (Å²) in [5.74, 6) is -0.903. The molecule has 0 aromatic heterocycles. The minimum Gasteiger partial charge on any atom is -0.759 e. The number of unbranched alkanes of at least 4 members (excludes halogenated alkanes) is 14. The smallest absolute Gasteiger partial charge is 0.759 e. The molecule has 0 bridgehead atoms. The number of rotatable bonds is 16. The number of carboxylic acid groups (broad SMARTS) is 1. The zero-order valence-electron chi connectivity index (χ0n) is 17.2. The van der Waals surface area contributed by atoms with Crippen LogP contribution >= 0.6 is 0 Å². The summed E-state index contributed by atoms with van der Waals surface area (Å²) in [6.07, 6.45) is 19.9. The third-order valence-corrected chi connectivity index (χ3v) is 3.98. The predicted octanol–water partition coefficient (Wildman–Crippen LogP) is 0.283. The molecule has 0 aliphatic rings. The van der Waals surface area contributed by atoms with Crippen LogP contribution in [-0.4, -0.2) is 40.9 Å². The molecule has 152 valence electrons. The molecule has 0 heterocycles. The van der Waals surface area contributed by atoms with Crippen LogP contribution in [0.25, 0.3) is 0 Å². The van der Waals surface area contributed by atoms with Gasteiger partial charge in [-0.25, -0.2) is 0 Å². The van der Waals surface area contributed by atoms with E-state index in [9.17, 15) is 9.90 Å². The maximum atomic E-state index is 10.2. The van der Waals surface area contributed by atoms with Gasteiger partial charge in [-0.1, -0.05) is 96.8 Å². The van der Waals surface area contributed by atoms with Crippen molar-refractivity contribution < 1.29 is 57.0 Å². The molecule has 0 saturated carbocycles. The van der Waals surface area contributed by atoms with Crippen molar-refractivity contribution in [1.82, 2.24) is 0 Å². The molecule has 0 rings (SSSR count). The molecule has 0 fully saturated rings. The molecule has 0 radical (unpaired) electrons. The van der Waals surface area contributed by atoms with Crippen LogP contribution in [0.3, 0.4) is 0 Å². The van der Waals surface area contributed by atoms with Crippen LogP contribution in [0, 0.1) is 0 Å². The Morgan fingerprint density at radius 3 is 1.11 bits per heavy atom. The molecule has 0 aromatic carbocycles. The van der Waals surface area contributed by atoms with Gasteiger partial charge in [0.1, 0.15) is 0 Å². The van der Waals surface area contributed by atoms with E-state index in [1.165, 1.54) is 83.5 Å². The van der Waals surface area contributed by atoms with Gasteiger partial charge in [-0.15, -0.1) is 0 Å². The van der Waals surface area contributed by atoms with Crippen LogP contribution in [0.5, 0.6) is 0 Å². The van der Waals surface area contributed by atoms with Crippen LogP contribution in [-0.2, 0) is 15.2 Å². The quantitative estimate of drug-likeness (QED) is 0.150. The van der Waals surface area contributed by atoms with Crippen molar-refractivity contribution in [3.05, 3.63) is 0 Å². The molecule has 0 saturated heterocycles. The number of carbonyl (C=O) groups is 1. The summed E-state index contributed by atoms with van der Waals surface area (Å²) in [6, 6.07) is 0. The Morgan fingerprint density at radius 1 is 0.667 bits per heavy atom. The third-order valence-electron chi connectivity index (χ3n) is 3.98. The van der Waals surface area contributed by atoms with E-state index in [-0.39, 0.29) is 53.3 Å². The fraction of sp³-hybridized carbons (Fsp3) is 0.944. The molecule has 0 spiro atoms. The van der Waals surface area contributed by atoms with Crippen molar-refractivity contribution in [2.45, 2.75) is 110 Å². The first-order valence-corrected chi connectivity index (χ1v) is 11.0. The Morgan fingerprint density at radius 2 is 0.889 bits per heavy atom. The van der Waals surface area contributed by atoms with Crippen molar-refractivity contribution in [3.63, 3.8) is 0 Å². The van der Waals surface area contributed by atoms with Crippen molar-refractivity contribution in [3.8, 4) is 0 Å². The first-order valence-electron chi connectivity index (χ1n) is 9.64. The minimum atomic E-state index is -5.17. The van der Waals surface area contributed by atoms with Gasteiger partial charge in [-0.3, -0.25) is 8.42 Å². The van der Waals surface area contributed by atoms with E-state index in [0.717, 1.165) is 12.8 Å². The van der Waals surface area contributed by atoms with Crippen molar-refractivity contribution in [2.75, 3.05) is 0 Å². The van der Waals surface area contributed by atoms with E-state index in [1.807, 2.05) is 0 Å². The second kappa shape index (κ2) is 26.9. The summed E-state index contributed by atoms with van der Waals surface area (Å²) < 4.78 is 34.1. The normalized spacial score (nSPS) is 10.2. The maximum absolute atomic E-state index is 10.2. The Hall–Kier alpha value is 0.872. The monoisotopic (exact) mass is 429 g/mol. The van der Waals surface area contributed by atoms with Gasteiger partial charge in [-0.2, -0.15) is 0 Å². The van der Waals surface area contributed by atoms with Gasteiger partial charge in [0.2, 0.25) is 0 Å². The summed E-state index contributed by atoms with van der Waals surface area (Å²) >= 11 is 0. The van der Waals surface area contributed by atoms with Gasteiger partial charge in [-0.05, 0) is 12.8 Å². The van der Waals surface area contributed by atoms with Crippen LogP contribution in [0.15, 0.2) is 0 Å². The van der Waals surface area contributed by atoms with E-state index in [4.69, 9.17) is 17.5 Å². The molecule has 6 nitrogen and oxygen atoms in total. The van der Waals surface area contributed by atoms with E-state index in [0.29, 0.717) is 0 Å². The van der Waals surface area contributed by atoms with Gasteiger partial charge in [0.15, 0.2) is 0 Å². The summed E-state index contributed by atoms with van der Waals surface area (Å²) in [5.41, 5.74) is 0. The zero-order valence-corrected chi connectivity index (χ0v) is 21.2. The summed E-state index contributed by atoms with van der Waals surface area (Å²) in [7, 11) is -5.17. The van der Waals surface area contributed by atoms with Crippen LogP contribution in [0.1, 0.15) is 110 Å². The first-order chi connectivity index (χ1) is 11.8. The first kappa shape index (κ1) is 35.3. The molecule has 0 aliphatic heterocycles. The number of aliphatic carboxylic acids is 1. The topological polar surface area (TPSA) is 120 Å². The molecule has 0 aromatic rings. The van der Waals surface area contributed by atoms with E-state index >= 15 is 0 Å². The molecule has 27 heavy (non-hydrogen) atoms. The van der Waals surface area contributed by atoms with Crippen LogP contribution < -0.4 is 34.7 Å². The fourth-order valence-electron chi connectivity index (χ4n) is 2.64. The second-order valence-electron chi connectivity index (χ2n) is 6.48. The molecule has 9 heteroatoms. The van der Waals surface area contributed by atoms with Gasteiger partial charge >= 0.3 is 46.9 Å². The fourth-order valence-corrected chi connectivity index (χ4v) is 2.64. The number of carbonyl (C=O) groups excluding carboxylic acids is 1. The summed E-state index contributed by atoms with van der Waals surface area (Å²) in [6.45, 7) is 2.27. The third kappa shape index (κ3) is 52.0. The Bertz CT molecular complexity index is 385. The van der Waals surface area contributed by atoms with E-state index < -0.39 is 16.4 Å². The van der Waals surface area contributed by atoms with Gasteiger partial charge < -0.3 is 19.0 Å². The van der Waals surface area contributed by atoms with Crippen molar-refractivity contribution in [1.29, 1.82) is 0 Å². The molecular formula is C18H35AlNaO6S+. The van der Waals surface area contributed by atoms with Gasteiger partial charge in [0, 0.05) is 16.4 Å². The average Bonchev–Trinajstić information content (AvgIpc) is 2.49. The van der Waals surface area contributed by atoms with E-state index in [1.54, 1.807) is 0 Å². The number of hydrogen-bond acceptors (Lipinski definition) is 6. The van der Waals surface area contributed by atoms with Gasteiger partial charge in [0.05, 0.1) is 0 Å². The van der Waals surface area contributed by atoms with E-state index in [2.05, 4.69) is 6.92 Å². The molecule has 0 amide bonds. The number of hydrogen-bond donors (Lipinski definition) is 0. The molecule has 0 atom stereocenters. The molecule has 0 unspecified atom stereocenters. The SMILES string of the molecule is CCCCCCCCCCCCCCCCCC(=O)[O-].O=S(=O)([O-])[O-].[Al+3].[Na+]. The standard InChI is InChI=1S/C18H36O2.Al.Na.H2O4S/c1-2-3-4-5-6-7-8-9-10-11-12-13-14-15-16-17-18(19)20;;;1-5(2,3)4/h2-17H2,1H3,(H,19,20);;;(H2,1,2,3,4)/q;+3;+1;/p-3. The zero-order chi connectivity index (χ0) is 19.4. The van der Waals surface area contributed by atoms with Crippen molar-refractivity contribution >= 4 is 33.7 Å². The molecular weight excluding hydrogens is 394 g/mol.